The lowest BCUT2D eigenvalue weighted by Crippen LogP contribution is -2.50. The molecule has 2 aromatic rings. The second-order valence-electron chi connectivity index (χ2n) is 7.41. The van der Waals surface area contributed by atoms with Crippen molar-refractivity contribution in [1.82, 2.24) is 15.2 Å². The number of benzene rings is 1. The summed E-state index contributed by atoms with van der Waals surface area (Å²) in [5.41, 5.74) is 4.74. The van der Waals surface area contributed by atoms with Crippen LogP contribution >= 0.6 is 0 Å². The van der Waals surface area contributed by atoms with Crippen molar-refractivity contribution in [3.05, 3.63) is 41.6 Å². The van der Waals surface area contributed by atoms with Gasteiger partial charge in [-0.15, -0.1) is 0 Å². The van der Waals surface area contributed by atoms with Gasteiger partial charge in [-0.2, -0.15) is 0 Å². The number of carbonyl (C=O) groups excluding carboxylic acids is 1. The molecule has 0 fully saturated rings. The van der Waals surface area contributed by atoms with Crippen molar-refractivity contribution in [3.8, 4) is 0 Å². The molecule has 0 saturated heterocycles. The maximum Gasteiger partial charge on any atom is 0.228 e. The molecule has 2 heterocycles. The van der Waals surface area contributed by atoms with Gasteiger partial charge >= 0.3 is 0 Å². The molecular weight excluding hydrogens is 333 g/mol. The monoisotopic (exact) mass is 357 g/mol. The average Bonchev–Trinajstić information content (AvgIpc) is 3.04. The standard InChI is InChI=1S/C20H24FN3O2/c1-11(21)17(10-25)23-20(26)13-6-15-14-4-3-5-16-19(14)12(8-22-16)7-18(15)24(2)9-13/h3-6,8,11,13,17-18,22,25H,7,9-10H2,1-2H3,(H,23,26). The van der Waals surface area contributed by atoms with Crippen molar-refractivity contribution in [2.45, 2.75) is 31.6 Å². The van der Waals surface area contributed by atoms with Crippen LogP contribution in [0.2, 0.25) is 0 Å². The Balaban J connectivity index is 1.69. The second-order valence-corrected chi connectivity index (χ2v) is 7.41. The molecule has 138 valence electrons. The summed E-state index contributed by atoms with van der Waals surface area (Å²) in [6.45, 7) is 1.52. The molecular formula is C20H24FN3O2. The lowest BCUT2D eigenvalue weighted by Gasteiger charge is -2.39. The van der Waals surface area contributed by atoms with Crippen molar-refractivity contribution >= 4 is 22.4 Å². The molecule has 26 heavy (non-hydrogen) atoms. The van der Waals surface area contributed by atoms with E-state index in [1.54, 1.807) is 0 Å². The molecule has 1 aromatic carbocycles. The zero-order valence-electron chi connectivity index (χ0n) is 15.0. The number of aliphatic hydroxyl groups excluding tert-OH is 1. The number of hydrogen-bond donors (Lipinski definition) is 3. The average molecular weight is 357 g/mol. The maximum atomic E-state index is 13.5. The zero-order chi connectivity index (χ0) is 18.4. The highest BCUT2D eigenvalue weighted by molar-refractivity contribution is 5.99. The summed E-state index contributed by atoms with van der Waals surface area (Å²) in [5.74, 6) is -0.604. The summed E-state index contributed by atoms with van der Waals surface area (Å²) in [6.07, 6.45) is 3.72. The first kappa shape index (κ1) is 17.2. The van der Waals surface area contributed by atoms with Crippen LogP contribution in [0.3, 0.4) is 0 Å². The van der Waals surface area contributed by atoms with Crippen LogP contribution in [0.5, 0.6) is 0 Å². The minimum Gasteiger partial charge on any atom is -0.394 e. The van der Waals surface area contributed by atoms with Gasteiger partial charge < -0.3 is 15.4 Å². The van der Waals surface area contributed by atoms with E-state index >= 15 is 0 Å². The van der Waals surface area contributed by atoms with Crippen molar-refractivity contribution in [3.63, 3.8) is 0 Å². The smallest absolute Gasteiger partial charge is 0.228 e. The van der Waals surface area contributed by atoms with Crippen molar-refractivity contribution < 1.29 is 14.3 Å². The number of likely N-dealkylation sites (N-methyl/N-ethyl adjacent to an activating group) is 1. The number of carbonyl (C=O) groups is 1. The highest BCUT2D eigenvalue weighted by atomic mass is 19.1. The second kappa shape index (κ2) is 6.52. The van der Waals surface area contributed by atoms with Crippen molar-refractivity contribution in [2.24, 2.45) is 5.92 Å². The third-order valence-electron chi connectivity index (χ3n) is 5.68. The molecule has 0 bridgehead atoms. The van der Waals surface area contributed by atoms with Gasteiger partial charge in [0.25, 0.3) is 0 Å². The van der Waals surface area contributed by atoms with Crippen LogP contribution in [0.4, 0.5) is 4.39 Å². The Bertz CT molecular complexity index is 873. The summed E-state index contributed by atoms with van der Waals surface area (Å²) in [5, 5.41) is 13.2. The van der Waals surface area contributed by atoms with Gasteiger partial charge in [0.15, 0.2) is 0 Å². The predicted molar refractivity (Wildman–Crippen MR) is 99.5 cm³/mol. The van der Waals surface area contributed by atoms with E-state index in [1.165, 1.54) is 17.9 Å². The van der Waals surface area contributed by atoms with Crippen LogP contribution in [0.15, 0.2) is 30.5 Å². The first-order valence-electron chi connectivity index (χ1n) is 9.06. The minimum atomic E-state index is -1.29. The van der Waals surface area contributed by atoms with E-state index in [-0.39, 0.29) is 17.9 Å². The van der Waals surface area contributed by atoms with E-state index in [0.29, 0.717) is 6.54 Å². The lowest BCUT2D eigenvalue weighted by molar-refractivity contribution is -0.125. The number of rotatable bonds is 4. The Labute approximate surface area is 151 Å². The molecule has 0 spiro atoms. The van der Waals surface area contributed by atoms with Gasteiger partial charge in [-0.1, -0.05) is 18.2 Å². The first-order valence-corrected chi connectivity index (χ1v) is 9.06. The molecule has 1 aliphatic carbocycles. The van der Waals surface area contributed by atoms with E-state index in [1.807, 2.05) is 19.2 Å². The van der Waals surface area contributed by atoms with E-state index in [0.717, 1.165) is 23.1 Å². The predicted octanol–water partition coefficient (Wildman–Crippen LogP) is 1.87. The van der Waals surface area contributed by atoms with Gasteiger partial charge in [0.05, 0.1) is 18.6 Å². The fourth-order valence-electron chi connectivity index (χ4n) is 4.21. The van der Waals surface area contributed by atoms with Crippen LogP contribution in [-0.2, 0) is 11.2 Å². The van der Waals surface area contributed by atoms with E-state index in [2.05, 4.69) is 33.5 Å². The topological polar surface area (TPSA) is 68.4 Å². The van der Waals surface area contributed by atoms with Gasteiger partial charge in [0, 0.05) is 29.7 Å². The molecule has 1 aliphatic heterocycles. The van der Waals surface area contributed by atoms with Crippen LogP contribution in [-0.4, -0.2) is 59.4 Å². The number of hydrogen-bond acceptors (Lipinski definition) is 3. The van der Waals surface area contributed by atoms with Crippen LogP contribution in [0.1, 0.15) is 18.1 Å². The Morgan fingerprint density at radius 3 is 3.04 bits per heavy atom. The normalized spacial score (nSPS) is 24.7. The molecule has 5 nitrogen and oxygen atoms in total. The molecule has 1 aromatic heterocycles. The molecule has 4 rings (SSSR count). The molecule has 4 unspecified atom stereocenters. The number of nitrogens with one attached hydrogen (secondary N) is 2. The summed E-state index contributed by atoms with van der Waals surface area (Å²) in [7, 11) is 2.02. The number of halogens is 1. The summed E-state index contributed by atoms with van der Waals surface area (Å²) in [6, 6.07) is 5.56. The molecule has 6 heteroatoms. The quantitative estimate of drug-likeness (QED) is 0.783. The van der Waals surface area contributed by atoms with Crippen LogP contribution < -0.4 is 5.32 Å². The lowest BCUT2D eigenvalue weighted by atomic mass is 9.80. The maximum absolute atomic E-state index is 13.5. The molecule has 1 amide bonds. The third kappa shape index (κ3) is 2.73. The van der Waals surface area contributed by atoms with Crippen molar-refractivity contribution in [2.75, 3.05) is 20.2 Å². The van der Waals surface area contributed by atoms with Crippen LogP contribution in [0, 0.1) is 5.92 Å². The number of nitrogens with zero attached hydrogens (tertiary/aromatic N) is 1. The fourth-order valence-corrected chi connectivity index (χ4v) is 4.21. The van der Waals surface area contributed by atoms with Gasteiger partial charge in [0.2, 0.25) is 5.91 Å². The van der Waals surface area contributed by atoms with E-state index < -0.39 is 18.8 Å². The molecule has 0 radical (unpaired) electrons. The van der Waals surface area contributed by atoms with Gasteiger partial charge in [-0.25, -0.2) is 4.39 Å². The van der Waals surface area contributed by atoms with Gasteiger partial charge in [-0.05, 0) is 43.2 Å². The largest absolute Gasteiger partial charge is 0.394 e. The Kier molecular flexibility index (Phi) is 4.32. The highest BCUT2D eigenvalue weighted by Gasteiger charge is 2.36. The molecule has 3 N–H and O–H groups in total. The van der Waals surface area contributed by atoms with Crippen LogP contribution in [0.25, 0.3) is 16.5 Å². The fraction of sp³-hybridized carbons (Fsp3) is 0.450. The Hall–Kier alpha value is -2.18. The first-order chi connectivity index (χ1) is 12.5. The number of aromatic amines is 1. The number of aromatic nitrogens is 1. The molecule has 0 saturated carbocycles. The number of aliphatic hydroxyl groups is 1. The minimum absolute atomic E-state index is 0.238. The van der Waals surface area contributed by atoms with E-state index in [4.69, 9.17) is 0 Å². The summed E-state index contributed by atoms with van der Waals surface area (Å²) in [4.78, 5) is 18.2. The highest BCUT2D eigenvalue weighted by Crippen LogP contribution is 2.40. The number of alkyl halides is 1. The summed E-state index contributed by atoms with van der Waals surface area (Å²) < 4.78 is 13.5. The number of fused-ring (bicyclic) bond motifs is 2. The number of amides is 1. The number of H-pyrrole nitrogens is 1. The SMILES string of the molecule is CC(F)C(CO)NC(=O)C1C=C2c3cccc4[nH]cc(c34)CC2N(C)C1. The Morgan fingerprint density at radius 2 is 2.31 bits per heavy atom. The Morgan fingerprint density at radius 1 is 1.50 bits per heavy atom. The van der Waals surface area contributed by atoms with E-state index in [9.17, 15) is 14.3 Å². The van der Waals surface area contributed by atoms with Gasteiger partial charge in [-0.3, -0.25) is 9.69 Å². The third-order valence-corrected chi connectivity index (χ3v) is 5.68. The summed E-state index contributed by atoms with van der Waals surface area (Å²) >= 11 is 0. The van der Waals surface area contributed by atoms with Gasteiger partial charge in [0.1, 0.15) is 6.17 Å². The molecule has 4 atom stereocenters. The molecule has 2 aliphatic rings. The zero-order valence-corrected chi connectivity index (χ0v) is 15.0. The van der Waals surface area contributed by atoms with Crippen molar-refractivity contribution in [1.29, 1.82) is 0 Å².